The van der Waals surface area contributed by atoms with Crippen LogP contribution in [0.2, 0.25) is 0 Å². The van der Waals surface area contributed by atoms with Crippen LogP contribution in [0.25, 0.3) is 0 Å². The zero-order valence-corrected chi connectivity index (χ0v) is 12.6. The highest BCUT2D eigenvalue weighted by Crippen LogP contribution is 2.24. The quantitative estimate of drug-likeness (QED) is 0.731. The Morgan fingerprint density at radius 1 is 1.21 bits per heavy atom. The lowest BCUT2D eigenvalue weighted by molar-refractivity contribution is 0.0347. The average molecular weight is 265 g/mol. The SMILES string of the molecule is COc1cccc(C(OCCCC(C)C)C(C)N)c1. The minimum atomic E-state index is -0.0673. The van der Waals surface area contributed by atoms with Gasteiger partial charge in [0.05, 0.1) is 13.2 Å². The predicted octanol–water partition coefficient (Wildman–Crippen LogP) is 3.54. The van der Waals surface area contributed by atoms with Gasteiger partial charge in [0.2, 0.25) is 0 Å². The third-order valence-electron chi connectivity index (χ3n) is 3.12. The largest absolute Gasteiger partial charge is 0.497 e. The van der Waals surface area contributed by atoms with Gasteiger partial charge in [-0.2, -0.15) is 0 Å². The molecule has 2 unspecified atom stereocenters. The smallest absolute Gasteiger partial charge is 0.119 e. The topological polar surface area (TPSA) is 44.5 Å². The van der Waals surface area contributed by atoms with Crippen LogP contribution in [0.3, 0.4) is 0 Å². The van der Waals surface area contributed by atoms with Crippen LogP contribution in [0, 0.1) is 5.92 Å². The maximum atomic E-state index is 6.04. The Morgan fingerprint density at radius 2 is 1.95 bits per heavy atom. The van der Waals surface area contributed by atoms with Crippen LogP contribution in [-0.2, 0) is 4.74 Å². The van der Waals surface area contributed by atoms with Crippen LogP contribution in [0.15, 0.2) is 24.3 Å². The minimum absolute atomic E-state index is 0.0360. The Hall–Kier alpha value is -1.06. The summed E-state index contributed by atoms with van der Waals surface area (Å²) < 4.78 is 11.2. The number of hydrogen-bond acceptors (Lipinski definition) is 3. The fraction of sp³-hybridized carbons (Fsp3) is 0.625. The lowest BCUT2D eigenvalue weighted by atomic mass is 10.0. The number of benzene rings is 1. The molecule has 0 aliphatic rings. The number of rotatable bonds is 8. The van der Waals surface area contributed by atoms with Gasteiger partial charge >= 0.3 is 0 Å². The average Bonchev–Trinajstić information content (AvgIpc) is 2.38. The van der Waals surface area contributed by atoms with Crippen molar-refractivity contribution < 1.29 is 9.47 Å². The van der Waals surface area contributed by atoms with E-state index in [1.165, 1.54) is 6.42 Å². The standard InChI is InChI=1S/C16H27NO2/c1-12(2)7-6-10-19-16(13(3)17)14-8-5-9-15(11-14)18-4/h5,8-9,11-13,16H,6-7,10,17H2,1-4H3. The molecule has 1 aromatic rings. The summed E-state index contributed by atoms with van der Waals surface area (Å²) in [6.45, 7) is 7.18. The van der Waals surface area contributed by atoms with Gasteiger partial charge in [0.15, 0.2) is 0 Å². The molecule has 0 spiro atoms. The van der Waals surface area contributed by atoms with Gasteiger partial charge in [0, 0.05) is 12.6 Å². The van der Waals surface area contributed by atoms with Crippen molar-refractivity contribution in [3.8, 4) is 5.75 Å². The molecule has 0 bridgehead atoms. The Morgan fingerprint density at radius 3 is 2.53 bits per heavy atom. The van der Waals surface area contributed by atoms with Gasteiger partial charge in [-0.05, 0) is 43.4 Å². The van der Waals surface area contributed by atoms with Crippen molar-refractivity contribution >= 4 is 0 Å². The Balaban J connectivity index is 2.61. The molecule has 3 heteroatoms. The van der Waals surface area contributed by atoms with Crippen molar-refractivity contribution in [2.24, 2.45) is 11.7 Å². The van der Waals surface area contributed by atoms with Crippen LogP contribution in [-0.4, -0.2) is 19.8 Å². The highest BCUT2D eigenvalue weighted by atomic mass is 16.5. The van der Waals surface area contributed by atoms with Crippen molar-refractivity contribution in [1.29, 1.82) is 0 Å². The second-order valence-corrected chi connectivity index (χ2v) is 5.46. The first-order valence-corrected chi connectivity index (χ1v) is 7.05. The van der Waals surface area contributed by atoms with Crippen molar-refractivity contribution in [2.45, 2.75) is 45.8 Å². The van der Waals surface area contributed by atoms with E-state index in [-0.39, 0.29) is 12.1 Å². The second kappa shape index (κ2) is 8.18. The van der Waals surface area contributed by atoms with E-state index >= 15 is 0 Å². The summed E-state index contributed by atoms with van der Waals surface area (Å²) in [6.07, 6.45) is 2.19. The van der Waals surface area contributed by atoms with Gasteiger partial charge in [-0.1, -0.05) is 26.0 Å². The highest BCUT2D eigenvalue weighted by molar-refractivity contribution is 5.30. The van der Waals surface area contributed by atoms with Gasteiger partial charge in [-0.25, -0.2) is 0 Å². The molecule has 0 saturated heterocycles. The molecule has 0 fully saturated rings. The van der Waals surface area contributed by atoms with E-state index in [4.69, 9.17) is 15.2 Å². The number of nitrogens with two attached hydrogens (primary N) is 1. The maximum absolute atomic E-state index is 6.04. The zero-order chi connectivity index (χ0) is 14.3. The summed E-state index contributed by atoms with van der Waals surface area (Å²) >= 11 is 0. The van der Waals surface area contributed by atoms with Gasteiger partial charge in [0.1, 0.15) is 5.75 Å². The lowest BCUT2D eigenvalue weighted by Crippen LogP contribution is -2.27. The third-order valence-corrected chi connectivity index (χ3v) is 3.12. The molecule has 1 aromatic carbocycles. The molecule has 0 aromatic heterocycles. The summed E-state index contributed by atoms with van der Waals surface area (Å²) in [5.74, 6) is 1.56. The molecule has 3 nitrogen and oxygen atoms in total. The second-order valence-electron chi connectivity index (χ2n) is 5.46. The van der Waals surface area contributed by atoms with E-state index < -0.39 is 0 Å². The summed E-state index contributed by atoms with van der Waals surface area (Å²) in [7, 11) is 1.67. The number of ether oxygens (including phenoxy) is 2. The Kier molecular flexibility index (Phi) is 6.89. The third kappa shape index (κ3) is 5.62. The molecule has 0 heterocycles. The molecule has 108 valence electrons. The van der Waals surface area contributed by atoms with Gasteiger partial charge in [0.25, 0.3) is 0 Å². The van der Waals surface area contributed by atoms with E-state index in [0.29, 0.717) is 5.92 Å². The number of hydrogen-bond donors (Lipinski definition) is 1. The molecule has 2 atom stereocenters. The molecule has 2 N–H and O–H groups in total. The predicted molar refractivity (Wildman–Crippen MR) is 79.4 cm³/mol. The van der Waals surface area contributed by atoms with Crippen LogP contribution in [0.4, 0.5) is 0 Å². The number of methoxy groups -OCH3 is 1. The minimum Gasteiger partial charge on any atom is -0.497 e. The molecule has 1 rings (SSSR count). The first kappa shape index (κ1) is 16.0. The van der Waals surface area contributed by atoms with Gasteiger partial charge in [-0.3, -0.25) is 0 Å². The van der Waals surface area contributed by atoms with E-state index in [2.05, 4.69) is 13.8 Å². The lowest BCUT2D eigenvalue weighted by Gasteiger charge is -2.22. The van der Waals surface area contributed by atoms with Crippen molar-refractivity contribution in [3.63, 3.8) is 0 Å². The molecular formula is C16H27NO2. The van der Waals surface area contributed by atoms with Crippen molar-refractivity contribution in [3.05, 3.63) is 29.8 Å². The van der Waals surface area contributed by atoms with Crippen LogP contribution in [0.1, 0.15) is 45.3 Å². The fourth-order valence-corrected chi connectivity index (χ4v) is 2.07. The highest BCUT2D eigenvalue weighted by Gasteiger charge is 2.17. The van der Waals surface area contributed by atoms with Crippen molar-refractivity contribution in [1.82, 2.24) is 0 Å². The molecule has 0 aliphatic carbocycles. The molecule has 19 heavy (non-hydrogen) atoms. The van der Waals surface area contributed by atoms with E-state index in [9.17, 15) is 0 Å². The molecule has 0 amide bonds. The van der Waals surface area contributed by atoms with Gasteiger partial charge in [-0.15, -0.1) is 0 Å². The molecule has 0 saturated carbocycles. The van der Waals surface area contributed by atoms with Crippen LogP contribution in [0.5, 0.6) is 5.75 Å². The zero-order valence-electron chi connectivity index (χ0n) is 12.6. The first-order valence-electron chi connectivity index (χ1n) is 7.05. The molecular weight excluding hydrogens is 238 g/mol. The van der Waals surface area contributed by atoms with Gasteiger partial charge < -0.3 is 15.2 Å². The molecule has 0 aliphatic heterocycles. The normalized spacial score (nSPS) is 14.4. The van der Waals surface area contributed by atoms with E-state index in [0.717, 1.165) is 24.3 Å². The maximum Gasteiger partial charge on any atom is 0.119 e. The summed E-state index contributed by atoms with van der Waals surface area (Å²) in [5.41, 5.74) is 7.12. The Labute approximate surface area is 117 Å². The Bertz CT molecular complexity index is 364. The monoisotopic (exact) mass is 265 g/mol. The summed E-state index contributed by atoms with van der Waals surface area (Å²) in [4.78, 5) is 0. The first-order chi connectivity index (χ1) is 9.04. The van der Waals surface area contributed by atoms with E-state index in [1.54, 1.807) is 7.11 Å². The fourth-order valence-electron chi connectivity index (χ4n) is 2.07. The van der Waals surface area contributed by atoms with E-state index in [1.807, 2.05) is 31.2 Å². The van der Waals surface area contributed by atoms with Crippen LogP contribution >= 0.6 is 0 Å². The summed E-state index contributed by atoms with van der Waals surface area (Å²) in [5, 5.41) is 0. The van der Waals surface area contributed by atoms with Crippen LogP contribution < -0.4 is 10.5 Å². The summed E-state index contributed by atoms with van der Waals surface area (Å²) in [6, 6.07) is 7.91. The van der Waals surface area contributed by atoms with Crippen molar-refractivity contribution in [2.75, 3.05) is 13.7 Å². The molecule has 0 radical (unpaired) electrons.